The van der Waals surface area contributed by atoms with Gasteiger partial charge in [-0.2, -0.15) is 0 Å². The molecule has 2 aliphatic carbocycles. The second-order valence-electron chi connectivity index (χ2n) is 6.14. The van der Waals surface area contributed by atoms with E-state index in [2.05, 4.69) is 37.3 Å². The number of hydrogen-bond donors (Lipinski definition) is 1. The molecule has 2 N–H and O–H groups in total. The molecule has 0 aromatic rings. The molecule has 2 nitrogen and oxygen atoms in total. The Morgan fingerprint density at radius 3 is 2.85 bits per heavy atom. The first-order chi connectivity index (χ1) is 9.79. The molecule has 0 bridgehead atoms. The minimum atomic E-state index is 0.181. The number of fused-ring (bicyclic) bond motifs is 2. The van der Waals surface area contributed by atoms with Gasteiger partial charge in [0.1, 0.15) is 11.9 Å². The fourth-order valence-corrected chi connectivity index (χ4v) is 3.59. The number of rotatable bonds is 2. The summed E-state index contributed by atoms with van der Waals surface area (Å²) in [6, 6.07) is 0.181. The van der Waals surface area contributed by atoms with E-state index in [0.29, 0.717) is 5.92 Å². The first kappa shape index (κ1) is 13.7. The van der Waals surface area contributed by atoms with Gasteiger partial charge in [0.15, 0.2) is 0 Å². The van der Waals surface area contributed by atoms with E-state index in [1.807, 2.05) is 0 Å². The van der Waals surface area contributed by atoms with Crippen molar-refractivity contribution in [1.29, 1.82) is 0 Å². The molecule has 1 fully saturated rings. The van der Waals surface area contributed by atoms with Crippen LogP contribution in [0.2, 0.25) is 0 Å². The maximum absolute atomic E-state index is 6.33. The Bertz CT molecular complexity index is 484. The maximum Gasteiger partial charge on any atom is 0.123 e. The van der Waals surface area contributed by atoms with Crippen molar-refractivity contribution in [2.45, 2.75) is 57.6 Å². The number of allylic oxidation sites excluding steroid dienone is 6. The Morgan fingerprint density at radius 2 is 2.00 bits per heavy atom. The van der Waals surface area contributed by atoms with Gasteiger partial charge in [0.05, 0.1) is 0 Å². The molecule has 1 heterocycles. The van der Waals surface area contributed by atoms with Gasteiger partial charge in [0.2, 0.25) is 0 Å². The standard InChI is InChI=1S/C18H25NO/c1-2-7-13-8-3-4-9-14-15-10-5-6-11-16(19)18(15)20-17(14)12-13/h3-4,8-9,12,15-16,18H,2,5-7,10-11,19H2,1H3/b4-3?,8-3?,9-4+,13-8?,13-12?,14-9?,17-12?. The van der Waals surface area contributed by atoms with Gasteiger partial charge >= 0.3 is 0 Å². The molecule has 0 radical (unpaired) electrons. The molecule has 0 amide bonds. The number of nitrogens with two attached hydrogens (primary N) is 1. The summed E-state index contributed by atoms with van der Waals surface area (Å²) in [4.78, 5) is 0. The highest BCUT2D eigenvalue weighted by Gasteiger charge is 2.39. The molecule has 0 aromatic carbocycles. The molecule has 3 unspecified atom stereocenters. The van der Waals surface area contributed by atoms with Gasteiger partial charge in [-0.05, 0) is 30.9 Å². The van der Waals surface area contributed by atoms with E-state index >= 15 is 0 Å². The molecule has 2 heteroatoms. The monoisotopic (exact) mass is 271 g/mol. The fraction of sp³-hybridized carbons (Fsp3) is 0.556. The van der Waals surface area contributed by atoms with Gasteiger partial charge in [-0.1, -0.05) is 50.5 Å². The van der Waals surface area contributed by atoms with E-state index in [4.69, 9.17) is 10.5 Å². The van der Waals surface area contributed by atoms with Crippen LogP contribution in [0.3, 0.4) is 0 Å². The number of ether oxygens (including phenoxy) is 1. The highest BCUT2D eigenvalue weighted by atomic mass is 16.5. The second kappa shape index (κ2) is 6.01. The summed E-state index contributed by atoms with van der Waals surface area (Å²) in [5, 5.41) is 0. The van der Waals surface area contributed by atoms with Crippen molar-refractivity contribution in [2.24, 2.45) is 11.7 Å². The zero-order valence-electron chi connectivity index (χ0n) is 12.3. The number of hydrogen-bond acceptors (Lipinski definition) is 2. The molecule has 3 aliphatic rings. The molecule has 3 rings (SSSR count). The average molecular weight is 271 g/mol. The molecule has 0 saturated heterocycles. The molecule has 0 aromatic heterocycles. The summed E-state index contributed by atoms with van der Waals surface area (Å²) < 4.78 is 6.27. The van der Waals surface area contributed by atoms with E-state index in [1.54, 1.807) is 0 Å². The summed E-state index contributed by atoms with van der Waals surface area (Å²) in [5.74, 6) is 1.56. The molecule has 1 saturated carbocycles. The third-order valence-corrected chi connectivity index (χ3v) is 4.62. The average Bonchev–Trinajstić information content (AvgIpc) is 2.63. The SMILES string of the molecule is CCCC1=CC2=C(/C=C/C=C1)C1CCCCC(N)C1O2. The van der Waals surface area contributed by atoms with E-state index in [0.717, 1.165) is 25.0 Å². The quantitative estimate of drug-likeness (QED) is 0.823. The molecule has 3 atom stereocenters. The summed E-state index contributed by atoms with van der Waals surface area (Å²) in [5.41, 5.74) is 9.06. The van der Waals surface area contributed by atoms with Crippen molar-refractivity contribution in [3.8, 4) is 0 Å². The molecule has 1 aliphatic heterocycles. The third kappa shape index (κ3) is 2.62. The lowest BCUT2D eigenvalue weighted by molar-refractivity contribution is 0.0957. The Hall–Kier alpha value is -1.28. The minimum Gasteiger partial charge on any atom is -0.488 e. The summed E-state index contributed by atoms with van der Waals surface area (Å²) >= 11 is 0. The van der Waals surface area contributed by atoms with Crippen molar-refractivity contribution >= 4 is 0 Å². The van der Waals surface area contributed by atoms with Gasteiger partial charge in [-0.3, -0.25) is 0 Å². The Labute approximate surface area is 122 Å². The van der Waals surface area contributed by atoms with Gasteiger partial charge in [-0.15, -0.1) is 0 Å². The van der Waals surface area contributed by atoms with Crippen LogP contribution in [0, 0.1) is 5.92 Å². The van der Waals surface area contributed by atoms with E-state index in [9.17, 15) is 0 Å². The second-order valence-corrected chi connectivity index (χ2v) is 6.14. The fourth-order valence-electron chi connectivity index (χ4n) is 3.59. The van der Waals surface area contributed by atoms with Crippen molar-refractivity contribution in [2.75, 3.05) is 0 Å². The zero-order chi connectivity index (χ0) is 13.9. The van der Waals surface area contributed by atoms with Crippen molar-refractivity contribution < 1.29 is 4.74 Å². The predicted molar refractivity (Wildman–Crippen MR) is 83.1 cm³/mol. The Balaban J connectivity index is 1.92. The zero-order valence-corrected chi connectivity index (χ0v) is 12.3. The van der Waals surface area contributed by atoms with Crippen LogP contribution in [0.15, 0.2) is 47.3 Å². The Morgan fingerprint density at radius 1 is 1.20 bits per heavy atom. The van der Waals surface area contributed by atoms with Crippen LogP contribution in [0.25, 0.3) is 0 Å². The van der Waals surface area contributed by atoms with Crippen LogP contribution in [0.1, 0.15) is 45.4 Å². The lowest BCUT2D eigenvalue weighted by Gasteiger charge is -2.22. The molecular weight excluding hydrogens is 246 g/mol. The maximum atomic E-state index is 6.33. The van der Waals surface area contributed by atoms with E-state index in [1.165, 1.54) is 30.4 Å². The van der Waals surface area contributed by atoms with Crippen LogP contribution in [0.5, 0.6) is 0 Å². The largest absolute Gasteiger partial charge is 0.488 e. The van der Waals surface area contributed by atoms with Crippen molar-refractivity contribution in [3.63, 3.8) is 0 Å². The van der Waals surface area contributed by atoms with Gasteiger partial charge < -0.3 is 10.5 Å². The van der Waals surface area contributed by atoms with E-state index in [-0.39, 0.29) is 12.1 Å². The lowest BCUT2D eigenvalue weighted by atomic mass is 9.88. The topological polar surface area (TPSA) is 35.2 Å². The molecule has 20 heavy (non-hydrogen) atoms. The van der Waals surface area contributed by atoms with Crippen LogP contribution < -0.4 is 5.73 Å². The van der Waals surface area contributed by atoms with Crippen molar-refractivity contribution in [3.05, 3.63) is 47.3 Å². The normalized spacial score (nSPS) is 34.3. The summed E-state index contributed by atoms with van der Waals surface area (Å²) in [6.07, 6.45) is 18.2. The first-order valence-electron chi connectivity index (χ1n) is 8.01. The smallest absolute Gasteiger partial charge is 0.123 e. The highest BCUT2D eigenvalue weighted by Crippen LogP contribution is 2.41. The van der Waals surface area contributed by atoms with Crippen LogP contribution in [0.4, 0.5) is 0 Å². The molecule has 0 spiro atoms. The van der Waals surface area contributed by atoms with E-state index < -0.39 is 0 Å². The first-order valence-corrected chi connectivity index (χ1v) is 8.01. The van der Waals surface area contributed by atoms with Gasteiger partial charge in [0, 0.05) is 17.5 Å². The minimum absolute atomic E-state index is 0.181. The highest BCUT2D eigenvalue weighted by molar-refractivity contribution is 5.43. The lowest BCUT2D eigenvalue weighted by Crippen LogP contribution is -2.38. The van der Waals surface area contributed by atoms with Crippen LogP contribution in [-0.2, 0) is 4.74 Å². The summed E-state index contributed by atoms with van der Waals surface area (Å²) in [6.45, 7) is 2.22. The predicted octanol–water partition coefficient (Wildman–Crippen LogP) is 4.01. The van der Waals surface area contributed by atoms with Gasteiger partial charge in [0.25, 0.3) is 0 Å². The van der Waals surface area contributed by atoms with Crippen molar-refractivity contribution in [1.82, 2.24) is 0 Å². The summed E-state index contributed by atoms with van der Waals surface area (Å²) in [7, 11) is 0. The van der Waals surface area contributed by atoms with Crippen LogP contribution >= 0.6 is 0 Å². The van der Waals surface area contributed by atoms with Gasteiger partial charge in [-0.25, -0.2) is 0 Å². The third-order valence-electron chi connectivity index (χ3n) is 4.62. The molecule has 108 valence electrons. The Kier molecular flexibility index (Phi) is 4.11. The van der Waals surface area contributed by atoms with Crippen LogP contribution in [-0.4, -0.2) is 12.1 Å². The molecular formula is C18H25NO.